The Bertz CT molecular complexity index is 332. The van der Waals surface area contributed by atoms with Crippen LogP contribution in [-0.4, -0.2) is 55.4 Å². The number of anilines is 1. The third kappa shape index (κ3) is 2.33. The SMILES string of the molecule is CNC(C)c1nnc(N2CCN(C)CC2)o1. The molecule has 16 heavy (non-hydrogen) atoms. The lowest BCUT2D eigenvalue weighted by Crippen LogP contribution is -2.44. The van der Waals surface area contributed by atoms with Crippen LogP contribution in [-0.2, 0) is 0 Å². The number of rotatable bonds is 3. The summed E-state index contributed by atoms with van der Waals surface area (Å²) in [5.41, 5.74) is 0. The van der Waals surface area contributed by atoms with E-state index in [0.29, 0.717) is 11.9 Å². The molecule has 1 atom stereocenters. The summed E-state index contributed by atoms with van der Waals surface area (Å²) in [6.07, 6.45) is 0. The second-order valence-electron chi connectivity index (χ2n) is 4.22. The first-order valence-corrected chi connectivity index (χ1v) is 5.65. The van der Waals surface area contributed by atoms with Gasteiger partial charge in [-0.25, -0.2) is 0 Å². The van der Waals surface area contributed by atoms with Crippen LogP contribution in [0.25, 0.3) is 0 Å². The first-order valence-electron chi connectivity index (χ1n) is 5.65. The fourth-order valence-corrected chi connectivity index (χ4v) is 1.65. The van der Waals surface area contributed by atoms with Gasteiger partial charge in [-0.3, -0.25) is 0 Å². The summed E-state index contributed by atoms with van der Waals surface area (Å²) in [6, 6.07) is 0.749. The van der Waals surface area contributed by atoms with Crippen molar-refractivity contribution in [1.29, 1.82) is 0 Å². The van der Waals surface area contributed by atoms with Crippen LogP contribution in [0.15, 0.2) is 4.42 Å². The van der Waals surface area contributed by atoms with E-state index in [-0.39, 0.29) is 6.04 Å². The van der Waals surface area contributed by atoms with E-state index in [1.165, 1.54) is 0 Å². The van der Waals surface area contributed by atoms with Gasteiger partial charge in [-0.05, 0) is 21.0 Å². The fourth-order valence-electron chi connectivity index (χ4n) is 1.65. The summed E-state index contributed by atoms with van der Waals surface area (Å²) in [5.74, 6) is 0.649. The third-order valence-electron chi connectivity index (χ3n) is 3.01. The third-order valence-corrected chi connectivity index (χ3v) is 3.01. The van der Waals surface area contributed by atoms with Gasteiger partial charge in [0.15, 0.2) is 0 Å². The van der Waals surface area contributed by atoms with Gasteiger partial charge in [0.05, 0.1) is 6.04 Å². The molecule has 1 fully saturated rings. The van der Waals surface area contributed by atoms with Gasteiger partial charge in [-0.2, -0.15) is 0 Å². The highest BCUT2D eigenvalue weighted by Crippen LogP contribution is 2.17. The van der Waals surface area contributed by atoms with Crippen molar-refractivity contribution in [2.24, 2.45) is 0 Å². The molecule has 90 valence electrons. The highest BCUT2D eigenvalue weighted by molar-refractivity contribution is 5.25. The minimum absolute atomic E-state index is 0.105. The lowest BCUT2D eigenvalue weighted by Gasteiger charge is -2.30. The number of nitrogens with zero attached hydrogens (tertiary/aromatic N) is 4. The summed E-state index contributed by atoms with van der Waals surface area (Å²) in [6.45, 7) is 5.98. The van der Waals surface area contributed by atoms with Gasteiger partial charge in [0.2, 0.25) is 5.89 Å². The quantitative estimate of drug-likeness (QED) is 0.787. The lowest BCUT2D eigenvalue weighted by molar-refractivity contribution is 0.302. The topological polar surface area (TPSA) is 57.4 Å². The maximum atomic E-state index is 5.63. The van der Waals surface area contributed by atoms with E-state index in [2.05, 4.69) is 32.4 Å². The number of hydrogen-bond donors (Lipinski definition) is 1. The Kier molecular flexibility index (Phi) is 3.40. The van der Waals surface area contributed by atoms with Crippen molar-refractivity contribution < 1.29 is 4.42 Å². The number of nitrogens with one attached hydrogen (secondary N) is 1. The molecule has 1 aromatic rings. The van der Waals surface area contributed by atoms with Crippen LogP contribution in [0.5, 0.6) is 0 Å². The molecule has 6 nitrogen and oxygen atoms in total. The van der Waals surface area contributed by atoms with Gasteiger partial charge in [-0.15, -0.1) is 5.10 Å². The smallest absolute Gasteiger partial charge is 0.318 e. The highest BCUT2D eigenvalue weighted by atomic mass is 16.4. The van der Waals surface area contributed by atoms with E-state index in [4.69, 9.17) is 4.42 Å². The molecule has 2 heterocycles. The van der Waals surface area contributed by atoms with Crippen molar-refractivity contribution in [3.8, 4) is 0 Å². The molecule has 1 unspecified atom stereocenters. The van der Waals surface area contributed by atoms with Gasteiger partial charge in [0.1, 0.15) is 0 Å². The first-order chi connectivity index (χ1) is 7.70. The van der Waals surface area contributed by atoms with Crippen LogP contribution in [0.1, 0.15) is 18.9 Å². The van der Waals surface area contributed by atoms with Crippen molar-refractivity contribution in [3.63, 3.8) is 0 Å². The number of hydrogen-bond acceptors (Lipinski definition) is 6. The molecule has 0 spiro atoms. The minimum Gasteiger partial charge on any atom is -0.406 e. The fraction of sp³-hybridized carbons (Fsp3) is 0.800. The summed E-state index contributed by atoms with van der Waals surface area (Å²) >= 11 is 0. The molecular formula is C10H19N5O. The molecule has 2 rings (SSSR count). The van der Waals surface area contributed by atoms with Crippen LogP contribution < -0.4 is 10.2 Å². The largest absolute Gasteiger partial charge is 0.406 e. The molecular weight excluding hydrogens is 206 g/mol. The second kappa shape index (κ2) is 4.80. The Hall–Kier alpha value is -1.14. The summed E-state index contributed by atoms with van der Waals surface area (Å²) in [4.78, 5) is 4.43. The van der Waals surface area contributed by atoms with E-state index >= 15 is 0 Å². The molecule has 1 aromatic heterocycles. The predicted octanol–water partition coefficient (Wildman–Crippen LogP) is 0.102. The maximum Gasteiger partial charge on any atom is 0.318 e. The molecule has 1 aliphatic heterocycles. The van der Waals surface area contributed by atoms with Crippen LogP contribution in [0.2, 0.25) is 0 Å². The zero-order valence-corrected chi connectivity index (χ0v) is 10.1. The maximum absolute atomic E-state index is 5.63. The molecule has 1 saturated heterocycles. The van der Waals surface area contributed by atoms with Crippen LogP contribution >= 0.6 is 0 Å². The first kappa shape index (κ1) is 11.3. The Balaban J connectivity index is 2.01. The molecule has 1 aliphatic rings. The van der Waals surface area contributed by atoms with E-state index in [1.54, 1.807) is 0 Å². The monoisotopic (exact) mass is 225 g/mol. The predicted molar refractivity (Wildman–Crippen MR) is 61.5 cm³/mol. The van der Waals surface area contributed by atoms with E-state index < -0.39 is 0 Å². The van der Waals surface area contributed by atoms with Gasteiger partial charge in [0, 0.05) is 26.2 Å². The number of aromatic nitrogens is 2. The zero-order chi connectivity index (χ0) is 11.5. The summed E-state index contributed by atoms with van der Waals surface area (Å²) < 4.78 is 5.63. The molecule has 0 bridgehead atoms. The molecule has 0 radical (unpaired) electrons. The van der Waals surface area contributed by atoms with Gasteiger partial charge in [-0.1, -0.05) is 5.10 Å². The Morgan fingerprint density at radius 3 is 2.56 bits per heavy atom. The van der Waals surface area contributed by atoms with Gasteiger partial charge >= 0.3 is 6.01 Å². The van der Waals surface area contributed by atoms with Crippen LogP contribution in [0, 0.1) is 0 Å². The standard InChI is InChI=1S/C10H19N5O/c1-8(11-2)9-12-13-10(16-9)15-6-4-14(3)5-7-15/h8,11H,4-7H2,1-3H3. The number of likely N-dealkylation sites (N-methyl/N-ethyl adjacent to an activating group) is 1. The van der Waals surface area contributed by atoms with Crippen molar-refractivity contribution in [1.82, 2.24) is 20.4 Å². The molecule has 0 aromatic carbocycles. The second-order valence-corrected chi connectivity index (χ2v) is 4.22. The molecule has 1 N–H and O–H groups in total. The Morgan fingerprint density at radius 1 is 1.25 bits per heavy atom. The molecule has 0 amide bonds. The Morgan fingerprint density at radius 2 is 1.94 bits per heavy atom. The van der Waals surface area contributed by atoms with Gasteiger partial charge in [0.25, 0.3) is 0 Å². The lowest BCUT2D eigenvalue weighted by atomic mass is 10.3. The van der Waals surface area contributed by atoms with Crippen molar-refractivity contribution >= 4 is 6.01 Å². The van der Waals surface area contributed by atoms with Crippen molar-refractivity contribution in [2.75, 3.05) is 45.2 Å². The average Bonchev–Trinajstić information content (AvgIpc) is 2.78. The van der Waals surface area contributed by atoms with Crippen molar-refractivity contribution in [3.05, 3.63) is 5.89 Å². The van der Waals surface area contributed by atoms with E-state index in [9.17, 15) is 0 Å². The molecule has 0 aliphatic carbocycles. The average molecular weight is 225 g/mol. The van der Waals surface area contributed by atoms with Crippen molar-refractivity contribution in [2.45, 2.75) is 13.0 Å². The zero-order valence-electron chi connectivity index (χ0n) is 10.1. The molecule has 6 heteroatoms. The van der Waals surface area contributed by atoms with E-state index in [1.807, 2.05) is 14.0 Å². The number of piperazine rings is 1. The van der Waals surface area contributed by atoms with Gasteiger partial charge < -0.3 is 19.5 Å². The van der Waals surface area contributed by atoms with Crippen LogP contribution in [0.3, 0.4) is 0 Å². The Labute approximate surface area is 95.6 Å². The normalized spacial score (nSPS) is 20.1. The van der Waals surface area contributed by atoms with E-state index in [0.717, 1.165) is 26.2 Å². The minimum atomic E-state index is 0.105. The highest BCUT2D eigenvalue weighted by Gasteiger charge is 2.20. The van der Waals surface area contributed by atoms with Crippen LogP contribution in [0.4, 0.5) is 6.01 Å². The summed E-state index contributed by atoms with van der Waals surface area (Å²) in [7, 11) is 4.00. The molecule has 0 saturated carbocycles. The summed E-state index contributed by atoms with van der Waals surface area (Å²) in [5, 5.41) is 11.2.